The molecular weight excluding hydrogens is 302 g/mol. The molecule has 0 saturated carbocycles. The van der Waals surface area contributed by atoms with E-state index in [2.05, 4.69) is 10.5 Å². The van der Waals surface area contributed by atoms with E-state index in [1.807, 2.05) is 6.92 Å². The first-order chi connectivity index (χ1) is 10.9. The first-order valence-corrected chi connectivity index (χ1v) is 7.00. The van der Waals surface area contributed by atoms with Gasteiger partial charge in [0.25, 0.3) is 5.91 Å². The van der Waals surface area contributed by atoms with Gasteiger partial charge in [-0.2, -0.15) is 0 Å². The second-order valence-electron chi connectivity index (χ2n) is 5.11. The van der Waals surface area contributed by atoms with E-state index in [4.69, 9.17) is 9.94 Å². The third kappa shape index (κ3) is 3.31. The zero-order valence-corrected chi connectivity index (χ0v) is 12.8. The fraction of sp³-hybridized carbons (Fsp3) is 0.333. The number of carboxylic acids is 1. The van der Waals surface area contributed by atoms with Crippen LogP contribution in [-0.2, 0) is 20.0 Å². The third-order valence-corrected chi connectivity index (χ3v) is 3.46. The number of carbonyl (C=O) groups is 3. The van der Waals surface area contributed by atoms with Crippen LogP contribution in [0.1, 0.15) is 25.0 Å². The smallest absolute Gasteiger partial charge is 0.325 e. The molecule has 0 bridgehead atoms. The molecule has 1 atom stereocenters. The van der Waals surface area contributed by atoms with Crippen LogP contribution in [0, 0.1) is 0 Å². The third-order valence-electron chi connectivity index (χ3n) is 3.46. The molecule has 0 spiro atoms. The number of benzene rings is 1. The van der Waals surface area contributed by atoms with Gasteiger partial charge in [0.2, 0.25) is 0 Å². The molecule has 1 fully saturated rings. The molecule has 1 aliphatic rings. The molecule has 0 radical (unpaired) electrons. The lowest BCUT2D eigenvalue weighted by atomic mass is 9.91. The Kier molecular flexibility index (Phi) is 4.63. The lowest BCUT2D eigenvalue weighted by Crippen LogP contribution is -2.41. The minimum Gasteiger partial charge on any atom is -0.480 e. The first-order valence-electron chi connectivity index (χ1n) is 7.00. The predicted octanol–water partition coefficient (Wildman–Crippen LogP) is 0.909. The summed E-state index contributed by atoms with van der Waals surface area (Å²) in [6.07, 6.45) is 1.53. The van der Waals surface area contributed by atoms with Gasteiger partial charge in [0, 0.05) is 0 Å². The molecule has 0 aromatic heterocycles. The van der Waals surface area contributed by atoms with Crippen LogP contribution in [0.25, 0.3) is 0 Å². The average Bonchev–Trinajstić information content (AvgIpc) is 2.72. The summed E-state index contributed by atoms with van der Waals surface area (Å²) in [4.78, 5) is 40.6. The molecule has 1 heterocycles. The van der Waals surface area contributed by atoms with Crippen molar-refractivity contribution >= 4 is 24.1 Å². The highest BCUT2D eigenvalue weighted by molar-refractivity contribution is 6.08. The molecule has 1 aromatic rings. The largest absolute Gasteiger partial charge is 0.480 e. The molecule has 1 aliphatic heterocycles. The van der Waals surface area contributed by atoms with Crippen molar-refractivity contribution in [2.75, 3.05) is 13.2 Å². The van der Waals surface area contributed by atoms with Crippen LogP contribution >= 0.6 is 0 Å². The fourth-order valence-electron chi connectivity index (χ4n) is 2.25. The van der Waals surface area contributed by atoms with Gasteiger partial charge in [-0.25, -0.2) is 4.79 Å². The highest BCUT2D eigenvalue weighted by Crippen LogP contribution is 2.28. The van der Waals surface area contributed by atoms with Crippen LogP contribution in [0.4, 0.5) is 4.79 Å². The summed E-state index contributed by atoms with van der Waals surface area (Å²) in [5.74, 6) is -1.85. The Bertz CT molecular complexity index is 656. The number of nitrogens with zero attached hydrogens (tertiary/aromatic N) is 2. The molecule has 1 aromatic carbocycles. The van der Waals surface area contributed by atoms with Crippen LogP contribution in [0.3, 0.4) is 0 Å². The highest BCUT2D eigenvalue weighted by Gasteiger charge is 2.49. The molecule has 3 amide bonds. The maximum atomic E-state index is 12.4. The number of hydrogen-bond donors (Lipinski definition) is 2. The summed E-state index contributed by atoms with van der Waals surface area (Å²) in [6.45, 7) is 3.16. The van der Waals surface area contributed by atoms with Crippen molar-refractivity contribution in [1.29, 1.82) is 0 Å². The highest BCUT2D eigenvalue weighted by atomic mass is 16.6. The van der Waals surface area contributed by atoms with E-state index in [9.17, 15) is 14.4 Å². The number of urea groups is 1. The van der Waals surface area contributed by atoms with E-state index in [0.29, 0.717) is 17.1 Å². The van der Waals surface area contributed by atoms with E-state index in [-0.39, 0.29) is 0 Å². The van der Waals surface area contributed by atoms with Gasteiger partial charge in [0.1, 0.15) is 18.7 Å². The number of aliphatic carboxylic acids is 1. The number of carboxylic acid groups (broad SMARTS) is 1. The average molecular weight is 319 g/mol. The lowest BCUT2D eigenvalue weighted by molar-refractivity contribution is -0.142. The van der Waals surface area contributed by atoms with Gasteiger partial charge in [-0.1, -0.05) is 29.4 Å². The molecule has 1 saturated heterocycles. The van der Waals surface area contributed by atoms with Crippen molar-refractivity contribution in [1.82, 2.24) is 10.2 Å². The molecular formula is C15H17N3O5. The van der Waals surface area contributed by atoms with Crippen molar-refractivity contribution in [3.63, 3.8) is 0 Å². The Labute approximate surface area is 132 Å². The summed E-state index contributed by atoms with van der Waals surface area (Å²) in [6, 6.07) is 6.08. The van der Waals surface area contributed by atoms with Crippen LogP contribution in [-0.4, -0.2) is 47.3 Å². The van der Waals surface area contributed by atoms with Gasteiger partial charge in [0.05, 0.1) is 6.21 Å². The summed E-state index contributed by atoms with van der Waals surface area (Å²) >= 11 is 0. The molecule has 8 nitrogen and oxygen atoms in total. The van der Waals surface area contributed by atoms with Crippen LogP contribution in [0.2, 0.25) is 0 Å². The van der Waals surface area contributed by atoms with Gasteiger partial charge >= 0.3 is 12.0 Å². The summed E-state index contributed by atoms with van der Waals surface area (Å²) in [5, 5.41) is 15.1. The lowest BCUT2D eigenvalue weighted by Gasteiger charge is -2.22. The van der Waals surface area contributed by atoms with Gasteiger partial charge < -0.3 is 15.3 Å². The maximum absolute atomic E-state index is 12.4. The molecule has 122 valence electrons. The number of nitrogens with one attached hydrogen (secondary N) is 1. The van der Waals surface area contributed by atoms with E-state index in [1.54, 1.807) is 31.2 Å². The number of oxime groups is 1. The van der Waals surface area contributed by atoms with E-state index >= 15 is 0 Å². The summed E-state index contributed by atoms with van der Waals surface area (Å²) in [5.41, 5.74) is 0.0320. The van der Waals surface area contributed by atoms with E-state index < -0.39 is 30.0 Å². The molecule has 8 heteroatoms. The van der Waals surface area contributed by atoms with Gasteiger partial charge in [-0.05, 0) is 25.0 Å². The van der Waals surface area contributed by atoms with Crippen LogP contribution in [0.15, 0.2) is 29.4 Å². The maximum Gasteiger partial charge on any atom is 0.325 e. The van der Waals surface area contributed by atoms with Crippen molar-refractivity contribution in [2.24, 2.45) is 5.16 Å². The van der Waals surface area contributed by atoms with Crippen molar-refractivity contribution < 1.29 is 24.3 Å². The number of imide groups is 1. The zero-order chi connectivity index (χ0) is 17.0. The zero-order valence-electron chi connectivity index (χ0n) is 12.8. The second-order valence-corrected chi connectivity index (χ2v) is 5.11. The van der Waals surface area contributed by atoms with Crippen LogP contribution < -0.4 is 5.32 Å². The number of amides is 3. The van der Waals surface area contributed by atoms with Crippen molar-refractivity contribution in [3.05, 3.63) is 35.4 Å². The van der Waals surface area contributed by atoms with Gasteiger partial charge in [0.15, 0.2) is 0 Å². The molecule has 23 heavy (non-hydrogen) atoms. The van der Waals surface area contributed by atoms with Crippen molar-refractivity contribution in [3.8, 4) is 0 Å². The fourth-order valence-corrected chi connectivity index (χ4v) is 2.25. The van der Waals surface area contributed by atoms with E-state index in [1.165, 1.54) is 6.21 Å². The Morgan fingerprint density at radius 1 is 1.39 bits per heavy atom. The summed E-state index contributed by atoms with van der Waals surface area (Å²) in [7, 11) is 0. The Hall–Kier alpha value is -2.90. The van der Waals surface area contributed by atoms with Gasteiger partial charge in [-0.15, -0.1) is 0 Å². The molecule has 2 rings (SSSR count). The minimum atomic E-state index is -1.29. The standard InChI is InChI=1S/C15H17N3O5/c1-3-23-16-8-10-4-6-11(7-5-10)15(2)13(21)18(9-12(19)20)14(22)17-15/h4-8H,3,9H2,1-2H3,(H,17,22)(H,19,20). The van der Waals surface area contributed by atoms with Gasteiger partial charge in [-0.3, -0.25) is 14.5 Å². The normalized spacial score (nSPS) is 20.9. The first kappa shape index (κ1) is 16.5. The minimum absolute atomic E-state index is 0.465. The molecule has 1 unspecified atom stereocenters. The van der Waals surface area contributed by atoms with Crippen molar-refractivity contribution in [2.45, 2.75) is 19.4 Å². The number of carbonyl (C=O) groups excluding carboxylic acids is 2. The predicted molar refractivity (Wildman–Crippen MR) is 80.9 cm³/mol. The number of rotatable bonds is 6. The van der Waals surface area contributed by atoms with Crippen LogP contribution in [0.5, 0.6) is 0 Å². The van der Waals surface area contributed by atoms with E-state index in [0.717, 1.165) is 5.56 Å². The molecule has 2 N–H and O–H groups in total. The monoisotopic (exact) mass is 319 g/mol. The topological polar surface area (TPSA) is 108 Å². The second kappa shape index (κ2) is 6.47. The molecule has 0 aliphatic carbocycles. The SMILES string of the molecule is CCON=Cc1ccc(C2(C)NC(=O)N(CC(=O)O)C2=O)cc1. The Morgan fingerprint density at radius 2 is 2.04 bits per heavy atom. The quantitative estimate of drug-likeness (QED) is 0.460. The Balaban J connectivity index is 2.22. The number of hydrogen-bond acceptors (Lipinski definition) is 5. The Morgan fingerprint density at radius 3 is 2.61 bits per heavy atom. The summed E-state index contributed by atoms with van der Waals surface area (Å²) < 4.78 is 0.